The minimum absolute atomic E-state index is 0.0525. The molecule has 58 heavy (non-hydrogen) atoms. The molecule has 2 heterocycles. The molecule has 0 aliphatic carbocycles. The number of likely N-dealkylation sites (tertiary alicyclic amines) is 1. The number of ketones is 3. The second-order valence-corrected chi connectivity index (χ2v) is 16.0. The number of fused-ring (bicyclic) bond motifs is 1. The summed E-state index contributed by atoms with van der Waals surface area (Å²) in [6.45, 7) is 10.3. The van der Waals surface area contributed by atoms with Gasteiger partial charge in [0.1, 0.15) is 29.8 Å². The molecule has 0 radical (unpaired) electrons. The van der Waals surface area contributed by atoms with Crippen molar-refractivity contribution in [2.75, 3.05) is 26.7 Å². The summed E-state index contributed by atoms with van der Waals surface area (Å²) >= 11 is 0. The van der Waals surface area contributed by atoms with Crippen molar-refractivity contribution in [2.45, 2.75) is 130 Å². The van der Waals surface area contributed by atoms with Crippen LogP contribution >= 0.6 is 0 Å². The lowest BCUT2D eigenvalue weighted by molar-refractivity contribution is -0.144. The molecule has 0 spiro atoms. The number of carbonyl (C=O) groups excluding carboxylic acids is 9. The highest BCUT2D eigenvalue weighted by molar-refractivity contribution is 6.38. The molecule has 16 heteroatoms. The van der Waals surface area contributed by atoms with Gasteiger partial charge in [-0.3, -0.25) is 38.4 Å². The van der Waals surface area contributed by atoms with Gasteiger partial charge in [0.25, 0.3) is 5.91 Å². The third-order valence-corrected chi connectivity index (χ3v) is 10.6. The van der Waals surface area contributed by atoms with Crippen LogP contribution in [0.5, 0.6) is 0 Å². The molecule has 3 rings (SSSR count). The predicted octanol–water partition coefficient (Wildman–Crippen LogP) is 2.39. The highest BCUT2D eigenvalue weighted by atomic mass is 16.6. The van der Waals surface area contributed by atoms with Gasteiger partial charge in [-0.15, -0.1) is 0 Å². The zero-order valence-corrected chi connectivity index (χ0v) is 35.0. The van der Waals surface area contributed by atoms with Crippen LogP contribution in [-0.4, -0.2) is 114 Å². The second-order valence-electron chi connectivity index (χ2n) is 16.0. The fourth-order valence-corrected chi connectivity index (χ4v) is 7.18. The van der Waals surface area contributed by atoms with Crippen LogP contribution in [0.15, 0.2) is 24.3 Å². The van der Waals surface area contributed by atoms with Crippen LogP contribution in [0.3, 0.4) is 0 Å². The van der Waals surface area contributed by atoms with E-state index < -0.39 is 71.6 Å². The number of hydrogen-bond acceptors (Lipinski definition) is 10. The van der Waals surface area contributed by atoms with Crippen LogP contribution in [0.2, 0.25) is 0 Å². The van der Waals surface area contributed by atoms with E-state index in [1.165, 1.54) is 11.8 Å². The quantitative estimate of drug-likeness (QED) is 0.105. The van der Waals surface area contributed by atoms with E-state index in [1.807, 2.05) is 38.1 Å². The average Bonchev–Trinajstić information content (AvgIpc) is 3.62. The van der Waals surface area contributed by atoms with Crippen molar-refractivity contribution >= 4 is 53.0 Å². The zero-order valence-electron chi connectivity index (χ0n) is 35.0. The van der Waals surface area contributed by atoms with E-state index in [1.54, 1.807) is 32.7 Å². The smallest absolute Gasteiger partial charge is 0.410 e. The lowest BCUT2D eigenvalue weighted by Crippen LogP contribution is -2.58. The largest absolute Gasteiger partial charge is 0.444 e. The highest BCUT2D eigenvalue weighted by Crippen LogP contribution is 2.27. The normalized spacial score (nSPS) is 17.7. The van der Waals surface area contributed by atoms with Gasteiger partial charge in [0.2, 0.25) is 29.4 Å². The number of nitrogens with one attached hydrogen (secondary N) is 4. The summed E-state index contributed by atoms with van der Waals surface area (Å²) in [5, 5.41) is 10.3. The number of rotatable bonds is 21. The van der Waals surface area contributed by atoms with Crippen LogP contribution in [0.25, 0.3) is 0 Å². The van der Waals surface area contributed by atoms with Gasteiger partial charge in [-0.2, -0.15) is 0 Å². The van der Waals surface area contributed by atoms with E-state index in [4.69, 9.17) is 4.74 Å². The van der Waals surface area contributed by atoms with E-state index >= 15 is 0 Å². The van der Waals surface area contributed by atoms with Gasteiger partial charge < -0.3 is 35.8 Å². The van der Waals surface area contributed by atoms with Crippen LogP contribution in [0, 0.1) is 17.8 Å². The molecule has 2 aliphatic heterocycles. The molecule has 0 saturated carbocycles. The summed E-state index contributed by atoms with van der Waals surface area (Å²) in [4.78, 5) is 120. The topological polar surface area (TPSA) is 217 Å². The maximum atomic E-state index is 14.5. The molecule has 0 aromatic heterocycles. The minimum Gasteiger partial charge on any atom is -0.444 e. The molecule has 3 unspecified atom stereocenters. The SMILES string of the molecule is CCCC(NC(=O)C1CC(OC(=O)N2CCc3ccccc3C2)CN1C(=O)[C@@H](NC(=O)[C@@H](CC(=O)CCCCC(=O)NC)C(C)C)C(C)C)C(=O)C(=O)NCC(C)=O. The molecular formula is C42H62N6O10. The summed E-state index contributed by atoms with van der Waals surface area (Å²) in [5.41, 5.74) is 2.12. The van der Waals surface area contributed by atoms with Crippen molar-refractivity contribution in [3.05, 3.63) is 35.4 Å². The number of benzene rings is 1. The van der Waals surface area contributed by atoms with Crippen LogP contribution in [0.4, 0.5) is 4.79 Å². The lowest BCUT2D eigenvalue weighted by Gasteiger charge is -2.32. The number of nitrogens with zero attached hydrogens (tertiary/aromatic N) is 2. The molecule has 1 aromatic rings. The Labute approximate surface area is 341 Å². The number of Topliss-reactive ketones (excluding diaryl/α,β-unsaturated/α-hetero) is 3. The number of amides is 6. The van der Waals surface area contributed by atoms with Crippen molar-refractivity contribution in [3.63, 3.8) is 0 Å². The number of ether oxygens (including phenoxy) is 1. The lowest BCUT2D eigenvalue weighted by atomic mass is 9.88. The third-order valence-electron chi connectivity index (χ3n) is 10.6. The van der Waals surface area contributed by atoms with Crippen LogP contribution in [0.1, 0.15) is 104 Å². The van der Waals surface area contributed by atoms with Gasteiger partial charge in [-0.05, 0) is 55.6 Å². The second kappa shape index (κ2) is 22.7. The first-order valence-corrected chi connectivity index (χ1v) is 20.4. The predicted molar refractivity (Wildman–Crippen MR) is 214 cm³/mol. The Morgan fingerprint density at radius 3 is 2.19 bits per heavy atom. The van der Waals surface area contributed by atoms with Gasteiger partial charge in [-0.25, -0.2) is 4.79 Å². The summed E-state index contributed by atoms with van der Waals surface area (Å²) in [7, 11) is 1.55. The summed E-state index contributed by atoms with van der Waals surface area (Å²) in [6, 6.07) is 4.15. The van der Waals surface area contributed by atoms with Crippen molar-refractivity contribution in [2.24, 2.45) is 17.8 Å². The third kappa shape index (κ3) is 13.8. The molecule has 6 amide bonds. The maximum Gasteiger partial charge on any atom is 0.410 e. The highest BCUT2D eigenvalue weighted by Gasteiger charge is 2.46. The number of hydrogen-bond donors (Lipinski definition) is 4. The van der Waals surface area contributed by atoms with Crippen molar-refractivity contribution in [3.8, 4) is 0 Å². The fraction of sp³-hybridized carbons (Fsp3) is 0.643. The number of unbranched alkanes of at least 4 members (excludes halogenated alkanes) is 1. The molecule has 1 aromatic carbocycles. The summed E-state index contributed by atoms with van der Waals surface area (Å²) in [6.07, 6.45) is 0.978. The van der Waals surface area contributed by atoms with Crippen molar-refractivity contribution in [1.82, 2.24) is 31.1 Å². The first-order chi connectivity index (χ1) is 27.5. The maximum absolute atomic E-state index is 14.5. The van der Waals surface area contributed by atoms with Gasteiger partial charge >= 0.3 is 6.09 Å². The van der Waals surface area contributed by atoms with Gasteiger partial charge in [0, 0.05) is 51.7 Å². The average molecular weight is 811 g/mol. The number of carbonyl (C=O) groups is 9. The Bertz CT molecular complexity index is 1680. The summed E-state index contributed by atoms with van der Waals surface area (Å²) < 4.78 is 5.92. The Hall–Kier alpha value is -5.15. The molecule has 4 N–H and O–H groups in total. The molecule has 320 valence electrons. The van der Waals surface area contributed by atoms with E-state index in [0.29, 0.717) is 45.2 Å². The zero-order chi connectivity index (χ0) is 43.1. The van der Waals surface area contributed by atoms with Crippen LogP contribution in [-0.2, 0) is 56.1 Å². The molecule has 1 fully saturated rings. The minimum atomic E-state index is -1.26. The van der Waals surface area contributed by atoms with E-state index in [0.717, 1.165) is 11.1 Å². The van der Waals surface area contributed by atoms with Gasteiger partial charge in [-0.1, -0.05) is 65.3 Å². The monoisotopic (exact) mass is 810 g/mol. The molecule has 0 bridgehead atoms. The van der Waals surface area contributed by atoms with Gasteiger partial charge in [0.15, 0.2) is 0 Å². The Balaban J connectivity index is 1.83. The first-order valence-electron chi connectivity index (χ1n) is 20.4. The van der Waals surface area contributed by atoms with Crippen molar-refractivity contribution < 1.29 is 47.9 Å². The Morgan fingerprint density at radius 1 is 0.897 bits per heavy atom. The summed E-state index contributed by atoms with van der Waals surface area (Å²) in [5.74, 6) is -5.94. The van der Waals surface area contributed by atoms with Crippen molar-refractivity contribution in [1.29, 1.82) is 0 Å². The standard InChI is InChI=1S/C42H62N6O10/c1-8-13-33(37(52)40(55)44-22-27(6)49)45-39(54)34-21-31(58-42(57)47-19-18-28-14-9-10-15-29(28)23-47)24-48(34)41(56)36(26(4)5)46-38(53)32(25(2)3)20-30(50)16-11-12-17-35(51)43-7/h9-10,14-15,25-26,31-34,36H,8,11-13,16-24H2,1-7H3,(H,43,51)(H,44,55)(H,45,54)(H,46,53)/t31?,32-,33?,34?,36-/m0/s1. The molecule has 2 aliphatic rings. The molecule has 1 saturated heterocycles. The van der Waals surface area contributed by atoms with Crippen LogP contribution < -0.4 is 21.3 Å². The van der Waals surface area contributed by atoms with E-state index in [-0.39, 0.29) is 62.2 Å². The Kier molecular flexibility index (Phi) is 18.5. The molecule has 16 nitrogen and oxygen atoms in total. The van der Waals surface area contributed by atoms with Gasteiger partial charge in [0.05, 0.1) is 19.1 Å². The molecule has 5 atom stereocenters. The fourth-order valence-electron chi connectivity index (χ4n) is 7.18. The molecular weight excluding hydrogens is 748 g/mol. The van der Waals surface area contributed by atoms with E-state index in [9.17, 15) is 43.2 Å². The van der Waals surface area contributed by atoms with E-state index in [2.05, 4.69) is 21.3 Å². The Morgan fingerprint density at radius 2 is 1.57 bits per heavy atom. The first kappa shape index (κ1) is 47.2.